The van der Waals surface area contributed by atoms with Crippen LogP contribution in [0.1, 0.15) is 12.8 Å². The third-order valence-corrected chi connectivity index (χ3v) is 5.45. The maximum atomic E-state index is 12.8. The molecule has 1 N–H and O–H groups in total. The first-order chi connectivity index (χ1) is 12.7. The number of morpholine rings is 1. The van der Waals surface area contributed by atoms with Gasteiger partial charge in [-0.2, -0.15) is 0 Å². The second kappa shape index (κ2) is 6.85. The van der Waals surface area contributed by atoms with E-state index in [-0.39, 0.29) is 36.4 Å². The molecule has 0 aromatic rings. The lowest BCUT2D eigenvalue weighted by Gasteiger charge is -2.43. The summed E-state index contributed by atoms with van der Waals surface area (Å²) in [7, 11) is 0. The average molecular weight is 384 g/mol. The highest BCUT2D eigenvalue weighted by Gasteiger charge is 2.67. The summed E-state index contributed by atoms with van der Waals surface area (Å²) in [6, 6.07) is 0. The SMILES string of the molecule is O=C([O-])C[NH+]1C[C@]2([N+](=O)[O-])C=C(C(=O)N3CCOCC3)C[C@@]([N+](=O)[O-])(C1)C2. The summed E-state index contributed by atoms with van der Waals surface area (Å²) in [5, 5.41) is 34.7. The summed E-state index contributed by atoms with van der Waals surface area (Å²) in [6.07, 6.45) is 0.583. The molecule has 12 nitrogen and oxygen atoms in total. The molecule has 1 aliphatic carbocycles. The molecule has 1 unspecified atom stereocenters. The van der Waals surface area contributed by atoms with Crippen LogP contribution in [0.2, 0.25) is 0 Å². The van der Waals surface area contributed by atoms with Crippen LogP contribution in [0.15, 0.2) is 11.6 Å². The number of rotatable bonds is 5. The van der Waals surface area contributed by atoms with Gasteiger partial charge in [-0.15, -0.1) is 0 Å². The van der Waals surface area contributed by atoms with Gasteiger partial charge in [-0.1, -0.05) is 0 Å². The Morgan fingerprint density at radius 3 is 2.41 bits per heavy atom. The van der Waals surface area contributed by atoms with Crippen molar-refractivity contribution in [1.29, 1.82) is 0 Å². The van der Waals surface area contributed by atoms with Crippen LogP contribution >= 0.6 is 0 Å². The van der Waals surface area contributed by atoms with E-state index in [1.54, 1.807) is 0 Å². The molecule has 0 saturated carbocycles. The molecule has 0 radical (unpaired) electrons. The number of ether oxygens (including phenoxy) is 1. The van der Waals surface area contributed by atoms with Crippen molar-refractivity contribution in [3.05, 3.63) is 31.9 Å². The number of nitro groups is 2. The molecule has 2 bridgehead atoms. The van der Waals surface area contributed by atoms with Gasteiger partial charge >= 0.3 is 0 Å². The highest BCUT2D eigenvalue weighted by Crippen LogP contribution is 2.40. The third-order valence-electron chi connectivity index (χ3n) is 5.45. The Hall–Kier alpha value is -2.60. The summed E-state index contributed by atoms with van der Waals surface area (Å²) in [4.78, 5) is 47.9. The van der Waals surface area contributed by atoms with Crippen molar-refractivity contribution < 1.29 is 34.2 Å². The van der Waals surface area contributed by atoms with Crippen molar-refractivity contribution >= 4 is 11.9 Å². The van der Waals surface area contributed by atoms with Crippen molar-refractivity contribution in [2.75, 3.05) is 45.9 Å². The number of fused-ring (bicyclic) bond motifs is 2. The summed E-state index contributed by atoms with van der Waals surface area (Å²) in [5.74, 6) is -1.89. The number of nitrogens with zero attached hydrogens (tertiary/aromatic N) is 3. The van der Waals surface area contributed by atoms with Gasteiger partial charge in [0.2, 0.25) is 5.91 Å². The summed E-state index contributed by atoms with van der Waals surface area (Å²) in [6.45, 7) is 0.281. The molecule has 27 heavy (non-hydrogen) atoms. The van der Waals surface area contributed by atoms with Crippen LogP contribution in [0, 0.1) is 20.2 Å². The molecule has 2 fully saturated rings. The van der Waals surface area contributed by atoms with Crippen molar-refractivity contribution in [2.24, 2.45) is 0 Å². The first kappa shape index (κ1) is 19.2. The highest BCUT2D eigenvalue weighted by atomic mass is 16.6. The normalized spacial score (nSPS) is 33.1. The van der Waals surface area contributed by atoms with Gasteiger partial charge in [-0.05, 0) is 0 Å². The molecule has 148 valence electrons. The van der Waals surface area contributed by atoms with E-state index < -0.39 is 39.3 Å². The van der Waals surface area contributed by atoms with Crippen molar-refractivity contribution in [3.8, 4) is 0 Å². The molecular formula is C15H20N4O8. The maximum absolute atomic E-state index is 12.8. The first-order valence-corrected chi connectivity index (χ1v) is 8.59. The van der Waals surface area contributed by atoms with Crippen molar-refractivity contribution in [2.45, 2.75) is 23.9 Å². The molecule has 3 aliphatic rings. The van der Waals surface area contributed by atoms with Crippen LogP contribution < -0.4 is 10.0 Å². The minimum absolute atomic E-state index is 0.0454. The van der Waals surface area contributed by atoms with Gasteiger partial charge in [-0.3, -0.25) is 25.0 Å². The Morgan fingerprint density at radius 1 is 1.19 bits per heavy atom. The molecule has 2 aliphatic heterocycles. The molecule has 3 rings (SSSR count). The number of piperidine rings is 1. The van der Waals surface area contributed by atoms with Gasteiger partial charge in [0.05, 0.1) is 25.6 Å². The fourth-order valence-corrected chi connectivity index (χ4v) is 4.42. The summed E-state index contributed by atoms with van der Waals surface area (Å²) >= 11 is 0. The predicted octanol–water partition coefficient (Wildman–Crippen LogP) is -3.76. The molecule has 1 amide bonds. The number of aliphatic carboxylic acids is 1. The lowest BCUT2D eigenvalue weighted by atomic mass is 9.69. The number of carboxylic acids is 1. The zero-order chi connectivity index (χ0) is 19.8. The molecule has 12 heteroatoms. The number of carboxylic acid groups (broad SMARTS) is 1. The third kappa shape index (κ3) is 3.49. The standard InChI is InChI=1S/C15H20N4O8/c20-12(21)7-16-9-14(18(23)24)5-11(6-15(8-14,10-16)19(25)26)13(22)17-1-3-27-4-2-17/h5H,1-4,6-10H2,(H,20,21)/t14-,15-/m0/s1. The van der Waals surface area contributed by atoms with E-state index in [0.29, 0.717) is 26.3 Å². The van der Waals surface area contributed by atoms with Crippen LogP contribution in [0.3, 0.4) is 0 Å². The van der Waals surface area contributed by atoms with Gasteiger partial charge in [-0.25, -0.2) is 0 Å². The predicted molar refractivity (Wildman–Crippen MR) is 84.7 cm³/mol. The van der Waals surface area contributed by atoms with Gasteiger partial charge in [0.1, 0.15) is 19.5 Å². The molecule has 0 aromatic heterocycles. The Labute approximate surface area is 153 Å². The lowest BCUT2D eigenvalue weighted by molar-refractivity contribution is -0.938. The number of hydrogen-bond donors (Lipinski definition) is 1. The number of nitrogens with one attached hydrogen (secondary N) is 1. The maximum Gasteiger partial charge on any atom is 0.295 e. The van der Waals surface area contributed by atoms with E-state index in [1.807, 2.05) is 0 Å². The van der Waals surface area contributed by atoms with Gasteiger partial charge < -0.3 is 24.4 Å². The van der Waals surface area contributed by atoms with E-state index in [0.717, 1.165) is 0 Å². The van der Waals surface area contributed by atoms with E-state index >= 15 is 0 Å². The molecule has 2 saturated heterocycles. The quantitative estimate of drug-likeness (QED) is 0.373. The number of likely N-dealkylation sites (tertiary alicyclic amines) is 1. The van der Waals surface area contributed by atoms with Crippen LogP contribution in [0.4, 0.5) is 0 Å². The number of carbonyl (C=O) groups is 2. The number of carbonyl (C=O) groups excluding carboxylic acids is 2. The lowest BCUT2D eigenvalue weighted by Crippen LogP contribution is -3.19. The monoisotopic (exact) mass is 384 g/mol. The number of quaternary nitrogens is 1. The van der Waals surface area contributed by atoms with Gasteiger partial charge in [0.25, 0.3) is 11.1 Å². The fraction of sp³-hybridized carbons (Fsp3) is 0.733. The molecule has 3 atom stereocenters. The Morgan fingerprint density at radius 2 is 1.85 bits per heavy atom. The summed E-state index contributed by atoms with van der Waals surface area (Å²) < 4.78 is 5.18. The minimum atomic E-state index is -1.86. The smallest absolute Gasteiger partial charge is 0.295 e. The van der Waals surface area contributed by atoms with E-state index in [9.17, 15) is 34.9 Å². The second-order valence-electron chi connectivity index (χ2n) is 7.42. The number of hydrogen-bond acceptors (Lipinski definition) is 8. The Kier molecular flexibility index (Phi) is 4.86. The zero-order valence-electron chi connectivity index (χ0n) is 14.5. The average Bonchev–Trinajstić information content (AvgIpc) is 2.60. The van der Waals surface area contributed by atoms with E-state index in [2.05, 4.69) is 0 Å². The largest absolute Gasteiger partial charge is 0.544 e. The minimum Gasteiger partial charge on any atom is -0.544 e. The molecule has 0 aromatic carbocycles. The van der Waals surface area contributed by atoms with Gasteiger partial charge in [0.15, 0.2) is 6.54 Å². The first-order valence-electron chi connectivity index (χ1n) is 8.59. The highest BCUT2D eigenvalue weighted by molar-refractivity contribution is 5.94. The summed E-state index contributed by atoms with van der Waals surface area (Å²) in [5.41, 5.74) is -3.57. The zero-order valence-corrected chi connectivity index (χ0v) is 14.5. The van der Waals surface area contributed by atoms with Crippen LogP contribution in [-0.4, -0.2) is 83.6 Å². The Bertz CT molecular complexity index is 719. The topological polar surface area (TPSA) is 160 Å². The van der Waals surface area contributed by atoms with Crippen LogP contribution in [0.5, 0.6) is 0 Å². The van der Waals surface area contributed by atoms with E-state index in [1.165, 1.54) is 11.0 Å². The van der Waals surface area contributed by atoms with Crippen molar-refractivity contribution in [1.82, 2.24) is 4.90 Å². The van der Waals surface area contributed by atoms with E-state index in [4.69, 9.17) is 4.74 Å². The number of amides is 1. The van der Waals surface area contributed by atoms with Crippen LogP contribution in [-0.2, 0) is 14.3 Å². The fourth-order valence-electron chi connectivity index (χ4n) is 4.42. The molecule has 2 heterocycles. The van der Waals surface area contributed by atoms with Gasteiger partial charge in [0, 0.05) is 34.6 Å². The second-order valence-corrected chi connectivity index (χ2v) is 7.42. The molecular weight excluding hydrogens is 364 g/mol. The van der Waals surface area contributed by atoms with Crippen LogP contribution in [0.25, 0.3) is 0 Å². The molecule has 0 spiro atoms. The Balaban J connectivity index is 2.00. The van der Waals surface area contributed by atoms with Crippen molar-refractivity contribution in [3.63, 3.8) is 0 Å².